The van der Waals surface area contributed by atoms with Gasteiger partial charge in [-0.1, -0.05) is 19.1 Å². The lowest BCUT2D eigenvalue weighted by atomic mass is 10.0. The van der Waals surface area contributed by atoms with E-state index >= 15 is 0 Å². The molecule has 0 spiro atoms. The van der Waals surface area contributed by atoms with Crippen molar-refractivity contribution in [2.75, 3.05) is 19.6 Å². The average molecular weight is 446 g/mol. The minimum Gasteiger partial charge on any atom is -0.503 e. The summed E-state index contributed by atoms with van der Waals surface area (Å²) in [6.07, 6.45) is 0.534. The predicted molar refractivity (Wildman–Crippen MR) is 112 cm³/mol. The molecule has 0 saturated heterocycles. The number of carbonyl (C=O) groups is 2. The zero-order valence-electron chi connectivity index (χ0n) is 17.7. The normalized spacial score (nSPS) is 19.2. The van der Waals surface area contributed by atoms with Gasteiger partial charge in [-0.15, -0.1) is 0 Å². The van der Waals surface area contributed by atoms with E-state index in [0.717, 1.165) is 6.07 Å². The number of halogens is 2. The first-order valence-corrected chi connectivity index (χ1v) is 10.5. The van der Waals surface area contributed by atoms with E-state index in [1.54, 1.807) is 9.47 Å². The standard InChI is InChI=1S/C22H24F2N4O4/c1-3-25-14-8-12-10-27(4-2)22(32)18-20(30)19(29)15(17(14)28(12)18)21(31)26-9-11-6-5-7-13(23)16(11)24/h5-7,12,14,25,30H,3-4,8-10H2,1-2H3,(H,26,31)/t12-,14+/m1/s1. The van der Waals surface area contributed by atoms with Crippen LogP contribution in [0.3, 0.4) is 0 Å². The van der Waals surface area contributed by atoms with Crippen molar-refractivity contribution in [2.24, 2.45) is 0 Å². The number of rotatable bonds is 6. The van der Waals surface area contributed by atoms with Gasteiger partial charge in [-0.2, -0.15) is 0 Å². The number of hydrogen-bond acceptors (Lipinski definition) is 5. The van der Waals surface area contributed by atoms with Crippen LogP contribution in [0.15, 0.2) is 23.0 Å². The molecule has 1 aromatic carbocycles. The molecular formula is C22H24F2N4O4. The van der Waals surface area contributed by atoms with Gasteiger partial charge in [0.05, 0.1) is 17.8 Å². The Hall–Kier alpha value is -3.27. The fourth-order valence-electron chi connectivity index (χ4n) is 4.62. The van der Waals surface area contributed by atoms with Crippen LogP contribution in [-0.2, 0) is 6.54 Å². The Balaban J connectivity index is 1.79. The lowest BCUT2D eigenvalue weighted by molar-refractivity contribution is 0.0675. The lowest BCUT2D eigenvalue weighted by Gasteiger charge is -2.33. The highest BCUT2D eigenvalue weighted by Crippen LogP contribution is 2.42. The number of amides is 2. The molecule has 0 aliphatic carbocycles. The van der Waals surface area contributed by atoms with Gasteiger partial charge in [-0.3, -0.25) is 14.4 Å². The van der Waals surface area contributed by atoms with Crippen LogP contribution >= 0.6 is 0 Å². The second-order valence-electron chi connectivity index (χ2n) is 7.90. The van der Waals surface area contributed by atoms with Gasteiger partial charge in [0.15, 0.2) is 23.1 Å². The van der Waals surface area contributed by atoms with Gasteiger partial charge in [-0.25, -0.2) is 8.78 Å². The van der Waals surface area contributed by atoms with Crippen molar-refractivity contribution in [1.29, 1.82) is 0 Å². The Morgan fingerprint density at radius 1 is 1.25 bits per heavy atom. The van der Waals surface area contributed by atoms with Crippen molar-refractivity contribution in [3.63, 3.8) is 0 Å². The van der Waals surface area contributed by atoms with Crippen molar-refractivity contribution in [1.82, 2.24) is 20.1 Å². The third-order valence-corrected chi connectivity index (χ3v) is 6.08. The lowest BCUT2D eigenvalue weighted by Crippen LogP contribution is -2.44. The van der Waals surface area contributed by atoms with E-state index in [4.69, 9.17) is 0 Å². The molecule has 0 saturated carbocycles. The van der Waals surface area contributed by atoms with Gasteiger partial charge >= 0.3 is 0 Å². The number of aromatic hydroxyl groups is 1. The van der Waals surface area contributed by atoms with Crippen LogP contribution in [0.4, 0.5) is 8.78 Å². The molecule has 170 valence electrons. The number of pyridine rings is 1. The third-order valence-electron chi connectivity index (χ3n) is 6.08. The van der Waals surface area contributed by atoms with E-state index in [9.17, 15) is 28.3 Å². The molecule has 0 bridgehead atoms. The molecule has 0 unspecified atom stereocenters. The Labute approximate surface area is 182 Å². The van der Waals surface area contributed by atoms with Crippen LogP contribution in [-0.4, -0.2) is 46.0 Å². The number of nitrogens with zero attached hydrogens (tertiary/aromatic N) is 2. The highest BCUT2D eigenvalue weighted by molar-refractivity contribution is 6.00. The molecule has 0 fully saturated rings. The van der Waals surface area contributed by atoms with Crippen LogP contribution in [0, 0.1) is 11.6 Å². The zero-order chi connectivity index (χ0) is 23.2. The minimum absolute atomic E-state index is 0.0769. The maximum Gasteiger partial charge on any atom is 0.274 e. The van der Waals surface area contributed by atoms with Crippen molar-refractivity contribution in [2.45, 2.75) is 38.9 Å². The third kappa shape index (κ3) is 3.35. The Morgan fingerprint density at radius 2 is 2.00 bits per heavy atom. The summed E-state index contributed by atoms with van der Waals surface area (Å²) in [5.74, 6) is -4.20. The molecule has 10 heteroatoms. The number of likely N-dealkylation sites (N-methyl/N-ethyl adjacent to an activating group) is 1. The molecule has 2 aromatic rings. The summed E-state index contributed by atoms with van der Waals surface area (Å²) in [6.45, 7) is 4.73. The summed E-state index contributed by atoms with van der Waals surface area (Å²) in [7, 11) is 0. The minimum atomic E-state index is -1.09. The molecule has 32 heavy (non-hydrogen) atoms. The number of benzene rings is 1. The fourth-order valence-corrected chi connectivity index (χ4v) is 4.62. The van der Waals surface area contributed by atoms with Crippen LogP contribution in [0.5, 0.6) is 5.75 Å². The smallest absolute Gasteiger partial charge is 0.274 e. The molecule has 8 nitrogen and oxygen atoms in total. The van der Waals surface area contributed by atoms with Crippen molar-refractivity contribution >= 4 is 11.8 Å². The molecule has 3 N–H and O–H groups in total. The molecule has 0 radical (unpaired) electrons. The number of carbonyl (C=O) groups excluding carboxylic acids is 2. The van der Waals surface area contributed by atoms with Gasteiger partial charge in [0, 0.05) is 25.2 Å². The summed E-state index contributed by atoms with van der Waals surface area (Å²) in [5, 5.41) is 16.3. The van der Waals surface area contributed by atoms with E-state index < -0.39 is 34.6 Å². The molecule has 4 rings (SSSR count). The van der Waals surface area contributed by atoms with E-state index in [-0.39, 0.29) is 35.4 Å². The summed E-state index contributed by atoms with van der Waals surface area (Å²) in [5.41, 5.74) is -1.12. The maximum atomic E-state index is 14.0. The molecule has 2 aliphatic rings. The monoisotopic (exact) mass is 446 g/mol. The SMILES string of the molecule is CCN[C@H]1C[C@@H]2CN(CC)C(=O)c3c(O)c(=O)c(C(=O)NCc4cccc(F)c4F)c1n32. The average Bonchev–Trinajstić information content (AvgIpc) is 3.11. The van der Waals surface area contributed by atoms with E-state index in [0.29, 0.717) is 31.7 Å². The zero-order valence-corrected chi connectivity index (χ0v) is 17.7. The topological polar surface area (TPSA) is 104 Å². The Kier molecular flexibility index (Phi) is 5.72. The second kappa shape index (κ2) is 8.34. The highest BCUT2D eigenvalue weighted by atomic mass is 19.2. The van der Waals surface area contributed by atoms with Crippen LogP contribution < -0.4 is 16.1 Å². The van der Waals surface area contributed by atoms with Gasteiger partial charge in [0.2, 0.25) is 5.43 Å². The van der Waals surface area contributed by atoms with Crippen molar-refractivity contribution in [3.8, 4) is 5.75 Å². The van der Waals surface area contributed by atoms with Crippen LogP contribution in [0.2, 0.25) is 0 Å². The van der Waals surface area contributed by atoms with Crippen LogP contribution in [0.25, 0.3) is 0 Å². The van der Waals surface area contributed by atoms with E-state index in [2.05, 4.69) is 10.6 Å². The molecule has 2 aliphatic heterocycles. The fraction of sp³-hybridized carbons (Fsp3) is 0.409. The molecule has 2 atom stereocenters. The van der Waals surface area contributed by atoms with Crippen molar-refractivity contribution in [3.05, 3.63) is 62.6 Å². The second-order valence-corrected chi connectivity index (χ2v) is 7.90. The largest absolute Gasteiger partial charge is 0.503 e. The Morgan fingerprint density at radius 3 is 2.69 bits per heavy atom. The van der Waals surface area contributed by atoms with Crippen molar-refractivity contribution < 1.29 is 23.5 Å². The summed E-state index contributed by atoms with van der Waals surface area (Å²) in [6, 6.07) is 3.02. The number of hydrogen-bond donors (Lipinski definition) is 3. The molecular weight excluding hydrogens is 422 g/mol. The van der Waals surface area contributed by atoms with Gasteiger partial charge in [-0.05, 0) is 26.0 Å². The van der Waals surface area contributed by atoms with Gasteiger partial charge in [0.25, 0.3) is 11.8 Å². The van der Waals surface area contributed by atoms with E-state index in [1.165, 1.54) is 12.1 Å². The molecule has 3 heterocycles. The summed E-state index contributed by atoms with van der Waals surface area (Å²) in [4.78, 5) is 40.5. The summed E-state index contributed by atoms with van der Waals surface area (Å²) < 4.78 is 29.0. The Bertz CT molecular complexity index is 1160. The summed E-state index contributed by atoms with van der Waals surface area (Å²) >= 11 is 0. The number of aromatic nitrogens is 1. The van der Waals surface area contributed by atoms with Gasteiger partial charge in [0.1, 0.15) is 5.56 Å². The van der Waals surface area contributed by atoms with E-state index in [1.807, 2.05) is 13.8 Å². The predicted octanol–water partition coefficient (Wildman–Crippen LogP) is 1.83. The maximum absolute atomic E-state index is 14.0. The first-order chi connectivity index (χ1) is 15.3. The molecule has 2 amide bonds. The molecule has 1 aromatic heterocycles. The van der Waals surface area contributed by atoms with Gasteiger partial charge < -0.3 is 25.2 Å². The highest BCUT2D eigenvalue weighted by Gasteiger charge is 2.44. The quantitative estimate of drug-likeness (QED) is 0.628. The number of nitrogens with one attached hydrogen (secondary N) is 2. The first kappa shape index (κ1) is 21.9. The van der Waals surface area contributed by atoms with Crippen LogP contribution in [0.1, 0.15) is 64.5 Å². The first-order valence-electron chi connectivity index (χ1n) is 10.5.